The number of nitrogens with zero attached hydrogens (tertiary/aromatic N) is 1. The smallest absolute Gasteiger partial charge is 0.416 e. The molecule has 4 nitrogen and oxygen atoms in total. The molecule has 0 spiro atoms. The van der Waals surface area contributed by atoms with Crippen molar-refractivity contribution < 1.29 is 22.6 Å². The summed E-state index contributed by atoms with van der Waals surface area (Å²) in [6, 6.07) is 18.2. The van der Waals surface area contributed by atoms with Gasteiger partial charge in [0.25, 0.3) is 0 Å². The Morgan fingerprint density at radius 1 is 1.00 bits per heavy atom. The number of hydrogen-bond donors (Lipinski definition) is 1. The molecule has 3 rings (SSSR count). The predicted octanol–water partition coefficient (Wildman–Crippen LogP) is 6.73. The van der Waals surface area contributed by atoms with E-state index in [1.807, 2.05) is 49.4 Å². The lowest BCUT2D eigenvalue weighted by Crippen LogP contribution is -2.04. The minimum atomic E-state index is -4.36. The molecule has 8 heteroatoms. The van der Waals surface area contributed by atoms with Gasteiger partial charge in [-0.05, 0) is 77.0 Å². The van der Waals surface area contributed by atoms with Gasteiger partial charge in [0.1, 0.15) is 6.61 Å². The maximum absolute atomic E-state index is 12.6. The van der Waals surface area contributed by atoms with Crippen LogP contribution in [0.5, 0.6) is 11.5 Å². The van der Waals surface area contributed by atoms with E-state index in [9.17, 15) is 13.2 Å². The van der Waals surface area contributed by atoms with Crippen LogP contribution in [0.15, 0.2) is 71.8 Å². The Balaban J connectivity index is 1.71. The lowest BCUT2D eigenvalue weighted by molar-refractivity contribution is -0.137. The SMILES string of the molecule is CCOc1cc(/C=N/Nc2ccc(C(F)(F)F)cc2)cc(I)c1OCc1ccccc1. The molecule has 3 aromatic carbocycles. The number of hydrogen-bond acceptors (Lipinski definition) is 4. The van der Waals surface area contributed by atoms with E-state index in [2.05, 4.69) is 33.1 Å². The van der Waals surface area contributed by atoms with Gasteiger partial charge in [-0.25, -0.2) is 0 Å². The van der Waals surface area contributed by atoms with Crippen LogP contribution < -0.4 is 14.9 Å². The number of rotatable bonds is 8. The van der Waals surface area contributed by atoms with E-state index in [-0.39, 0.29) is 0 Å². The topological polar surface area (TPSA) is 42.8 Å². The number of ether oxygens (including phenoxy) is 2. The van der Waals surface area contributed by atoms with E-state index in [1.165, 1.54) is 12.1 Å². The fraction of sp³-hybridized carbons (Fsp3) is 0.174. The molecule has 0 saturated heterocycles. The Labute approximate surface area is 192 Å². The summed E-state index contributed by atoms with van der Waals surface area (Å²) in [6.45, 7) is 2.78. The normalized spacial score (nSPS) is 11.5. The molecular weight excluding hydrogens is 520 g/mol. The van der Waals surface area contributed by atoms with Crippen LogP contribution in [0.4, 0.5) is 18.9 Å². The highest BCUT2D eigenvalue weighted by Crippen LogP contribution is 2.34. The Hall–Kier alpha value is -2.75. The minimum Gasteiger partial charge on any atom is -0.490 e. The number of hydrazone groups is 1. The summed E-state index contributed by atoms with van der Waals surface area (Å²) < 4.78 is 50.5. The van der Waals surface area contributed by atoms with E-state index >= 15 is 0 Å². The number of anilines is 1. The molecule has 0 unspecified atom stereocenters. The molecule has 0 aliphatic rings. The highest BCUT2D eigenvalue weighted by molar-refractivity contribution is 14.1. The van der Waals surface area contributed by atoms with Gasteiger partial charge in [-0.15, -0.1) is 0 Å². The van der Waals surface area contributed by atoms with Gasteiger partial charge in [0.2, 0.25) is 0 Å². The number of halogens is 4. The largest absolute Gasteiger partial charge is 0.490 e. The van der Waals surface area contributed by atoms with Crippen LogP contribution in [0.25, 0.3) is 0 Å². The van der Waals surface area contributed by atoms with Crippen LogP contribution in [0.2, 0.25) is 0 Å². The molecule has 0 fully saturated rings. The van der Waals surface area contributed by atoms with Crippen LogP contribution in [0.3, 0.4) is 0 Å². The highest BCUT2D eigenvalue weighted by atomic mass is 127. The van der Waals surface area contributed by atoms with Gasteiger partial charge in [-0.2, -0.15) is 18.3 Å². The van der Waals surface area contributed by atoms with Crippen molar-refractivity contribution in [2.45, 2.75) is 19.7 Å². The zero-order chi connectivity index (χ0) is 22.3. The first-order valence-corrected chi connectivity index (χ1v) is 10.5. The van der Waals surface area contributed by atoms with E-state index < -0.39 is 11.7 Å². The molecule has 3 aromatic rings. The third-order valence-electron chi connectivity index (χ3n) is 4.18. The molecule has 0 aromatic heterocycles. The van der Waals surface area contributed by atoms with Crippen molar-refractivity contribution in [3.63, 3.8) is 0 Å². The Morgan fingerprint density at radius 3 is 2.35 bits per heavy atom. The van der Waals surface area contributed by atoms with Gasteiger partial charge in [-0.3, -0.25) is 5.43 Å². The monoisotopic (exact) mass is 540 g/mol. The second-order valence-electron chi connectivity index (χ2n) is 6.48. The van der Waals surface area contributed by atoms with Crippen molar-refractivity contribution in [1.82, 2.24) is 0 Å². The van der Waals surface area contributed by atoms with Gasteiger partial charge in [0.15, 0.2) is 11.5 Å². The van der Waals surface area contributed by atoms with E-state index in [0.717, 1.165) is 26.8 Å². The van der Waals surface area contributed by atoms with E-state index in [0.29, 0.717) is 30.4 Å². The molecule has 0 aliphatic carbocycles. The first kappa shape index (κ1) is 22.9. The number of benzene rings is 3. The second kappa shape index (κ2) is 10.5. The lowest BCUT2D eigenvalue weighted by atomic mass is 10.2. The number of nitrogens with one attached hydrogen (secondary N) is 1. The van der Waals surface area contributed by atoms with Crippen LogP contribution in [0, 0.1) is 3.57 Å². The van der Waals surface area contributed by atoms with E-state index in [1.54, 1.807) is 6.21 Å². The van der Waals surface area contributed by atoms with Crippen molar-refractivity contribution in [3.05, 3.63) is 87.0 Å². The summed E-state index contributed by atoms with van der Waals surface area (Å²) in [6.07, 6.45) is -2.79. The Bertz CT molecular complexity index is 1020. The highest BCUT2D eigenvalue weighted by Gasteiger charge is 2.29. The summed E-state index contributed by atoms with van der Waals surface area (Å²) in [5, 5.41) is 4.11. The van der Waals surface area contributed by atoms with Gasteiger partial charge >= 0.3 is 6.18 Å². The minimum absolute atomic E-state index is 0.416. The zero-order valence-electron chi connectivity index (χ0n) is 16.6. The summed E-state index contributed by atoms with van der Waals surface area (Å²) in [5.74, 6) is 1.25. The summed E-state index contributed by atoms with van der Waals surface area (Å²) >= 11 is 2.17. The molecule has 0 radical (unpaired) electrons. The molecule has 162 valence electrons. The maximum Gasteiger partial charge on any atom is 0.416 e. The second-order valence-corrected chi connectivity index (χ2v) is 7.64. The van der Waals surface area contributed by atoms with Crippen LogP contribution in [0.1, 0.15) is 23.6 Å². The van der Waals surface area contributed by atoms with Crippen molar-refractivity contribution in [1.29, 1.82) is 0 Å². The molecule has 0 saturated carbocycles. The molecule has 0 heterocycles. The first-order valence-electron chi connectivity index (χ1n) is 9.46. The van der Waals surface area contributed by atoms with Gasteiger partial charge in [-0.1, -0.05) is 30.3 Å². The molecule has 31 heavy (non-hydrogen) atoms. The molecule has 0 atom stereocenters. The maximum atomic E-state index is 12.6. The Morgan fingerprint density at radius 2 is 1.71 bits per heavy atom. The average Bonchev–Trinajstić information content (AvgIpc) is 2.74. The third-order valence-corrected chi connectivity index (χ3v) is 4.98. The lowest BCUT2D eigenvalue weighted by Gasteiger charge is -2.14. The molecule has 0 bridgehead atoms. The van der Waals surface area contributed by atoms with Crippen LogP contribution in [-0.2, 0) is 12.8 Å². The zero-order valence-corrected chi connectivity index (χ0v) is 18.8. The summed E-state index contributed by atoms with van der Waals surface area (Å²) in [5.41, 5.74) is 4.29. The van der Waals surface area contributed by atoms with E-state index in [4.69, 9.17) is 9.47 Å². The van der Waals surface area contributed by atoms with Crippen molar-refractivity contribution in [2.24, 2.45) is 5.10 Å². The molecule has 0 amide bonds. The summed E-state index contributed by atoms with van der Waals surface area (Å²) in [7, 11) is 0. The van der Waals surface area contributed by atoms with Gasteiger partial charge in [0, 0.05) is 0 Å². The van der Waals surface area contributed by atoms with Crippen molar-refractivity contribution in [3.8, 4) is 11.5 Å². The number of alkyl halides is 3. The van der Waals surface area contributed by atoms with Crippen LogP contribution >= 0.6 is 22.6 Å². The molecule has 1 N–H and O–H groups in total. The Kier molecular flexibility index (Phi) is 7.78. The molecular formula is C23H20F3IN2O2. The summed E-state index contributed by atoms with van der Waals surface area (Å²) in [4.78, 5) is 0. The standard InChI is InChI=1S/C23H20F3IN2O2/c1-2-30-21-13-17(12-20(27)22(21)31-15-16-6-4-3-5-7-16)14-28-29-19-10-8-18(9-11-19)23(24,25)26/h3-14,29H,2,15H2,1H3/b28-14+. The van der Waals surface area contributed by atoms with Gasteiger partial charge in [0.05, 0.1) is 27.6 Å². The third kappa shape index (κ3) is 6.61. The fourth-order valence-electron chi connectivity index (χ4n) is 2.71. The fourth-order valence-corrected chi connectivity index (χ4v) is 3.49. The van der Waals surface area contributed by atoms with Crippen LogP contribution in [-0.4, -0.2) is 12.8 Å². The van der Waals surface area contributed by atoms with Gasteiger partial charge < -0.3 is 9.47 Å². The average molecular weight is 540 g/mol. The first-order chi connectivity index (χ1) is 14.9. The predicted molar refractivity (Wildman–Crippen MR) is 124 cm³/mol. The van der Waals surface area contributed by atoms with Crippen molar-refractivity contribution in [2.75, 3.05) is 12.0 Å². The quantitative estimate of drug-likeness (QED) is 0.196. The van der Waals surface area contributed by atoms with Crippen molar-refractivity contribution >= 4 is 34.5 Å². The molecule has 0 aliphatic heterocycles.